The molecular weight excluding hydrogens is 775 g/mol. The lowest BCUT2D eigenvalue weighted by atomic mass is 9.82. The summed E-state index contributed by atoms with van der Waals surface area (Å²) in [7, 11) is 0. The predicted molar refractivity (Wildman–Crippen MR) is 268 cm³/mol. The Morgan fingerprint density at radius 3 is 1.72 bits per heavy atom. The molecule has 1 aromatic heterocycles. The molecule has 300 valence electrons. The number of hydrogen-bond donors (Lipinski definition) is 0. The van der Waals surface area contributed by atoms with E-state index in [4.69, 9.17) is 15.0 Å². The minimum absolute atomic E-state index is 0.167. The van der Waals surface area contributed by atoms with Crippen LogP contribution in [-0.4, -0.2) is 15.0 Å². The first kappa shape index (κ1) is 36.6. The molecule has 0 atom stereocenters. The first-order valence-corrected chi connectivity index (χ1v) is 22.3. The van der Waals surface area contributed by atoms with E-state index in [0.29, 0.717) is 17.5 Å². The van der Waals surface area contributed by atoms with Crippen molar-refractivity contribution in [3.63, 3.8) is 0 Å². The molecule has 0 fully saturated rings. The number of hydrogen-bond acceptors (Lipinski definition) is 3. The third-order valence-corrected chi connectivity index (χ3v) is 13.9. The third kappa shape index (κ3) is 5.50. The van der Waals surface area contributed by atoms with Crippen molar-refractivity contribution in [1.29, 1.82) is 0 Å². The fraction of sp³-hybridized carbons (Fsp3) is 0.0656. The van der Waals surface area contributed by atoms with Crippen LogP contribution < -0.4 is 0 Å². The first-order valence-electron chi connectivity index (χ1n) is 22.3. The van der Waals surface area contributed by atoms with Crippen LogP contribution in [0.25, 0.3) is 123 Å². The van der Waals surface area contributed by atoms with Crippen molar-refractivity contribution in [3.05, 3.63) is 210 Å². The van der Waals surface area contributed by atoms with Gasteiger partial charge >= 0.3 is 0 Å². The molecule has 2 aliphatic carbocycles. The molecule has 0 saturated carbocycles. The zero-order chi connectivity index (χ0) is 42.5. The lowest BCUT2D eigenvalue weighted by Crippen LogP contribution is -2.15. The van der Waals surface area contributed by atoms with Crippen molar-refractivity contribution in [2.75, 3.05) is 0 Å². The summed E-state index contributed by atoms with van der Waals surface area (Å²) in [4.78, 5) is 16.3. The van der Waals surface area contributed by atoms with E-state index in [1.54, 1.807) is 0 Å². The van der Waals surface area contributed by atoms with E-state index in [-0.39, 0.29) is 5.41 Å². The highest BCUT2D eigenvalue weighted by Gasteiger charge is 2.35. The average Bonchev–Trinajstić information content (AvgIpc) is 3.46. The minimum Gasteiger partial charge on any atom is -0.208 e. The monoisotopic (exact) mass is 815 g/mol. The number of fused-ring (bicyclic) bond motifs is 5. The van der Waals surface area contributed by atoms with E-state index in [1.807, 2.05) is 0 Å². The molecular formula is C61H41N3. The maximum absolute atomic E-state index is 5.45. The van der Waals surface area contributed by atoms with Gasteiger partial charge in [0, 0.05) is 22.1 Å². The molecule has 13 rings (SSSR count). The predicted octanol–water partition coefficient (Wildman–Crippen LogP) is 16.0. The fourth-order valence-electron chi connectivity index (χ4n) is 10.8. The smallest absolute Gasteiger partial charge is 0.164 e. The van der Waals surface area contributed by atoms with Gasteiger partial charge in [0.25, 0.3) is 0 Å². The van der Waals surface area contributed by atoms with Gasteiger partial charge in [-0.2, -0.15) is 0 Å². The van der Waals surface area contributed by atoms with Gasteiger partial charge in [0.15, 0.2) is 17.5 Å². The van der Waals surface area contributed by atoms with Gasteiger partial charge < -0.3 is 0 Å². The topological polar surface area (TPSA) is 38.7 Å². The zero-order valence-electron chi connectivity index (χ0n) is 35.6. The van der Waals surface area contributed by atoms with Crippen molar-refractivity contribution in [2.45, 2.75) is 25.7 Å². The van der Waals surface area contributed by atoms with Gasteiger partial charge in [0.05, 0.1) is 0 Å². The normalized spacial score (nSPS) is 13.7. The van der Waals surface area contributed by atoms with Crippen molar-refractivity contribution < 1.29 is 0 Å². The second-order valence-corrected chi connectivity index (χ2v) is 17.8. The summed E-state index contributed by atoms with van der Waals surface area (Å²) >= 11 is 0. The Morgan fingerprint density at radius 1 is 0.359 bits per heavy atom. The van der Waals surface area contributed by atoms with Gasteiger partial charge in [0.2, 0.25) is 0 Å². The Labute approximate surface area is 372 Å². The molecule has 0 N–H and O–H groups in total. The molecule has 64 heavy (non-hydrogen) atoms. The number of rotatable bonds is 5. The quantitative estimate of drug-likeness (QED) is 0.162. The molecule has 2 aliphatic rings. The molecule has 0 bridgehead atoms. The van der Waals surface area contributed by atoms with E-state index >= 15 is 0 Å². The summed E-state index contributed by atoms with van der Waals surface area (Å²) in [5.74, 6) is 1.96. The summed E-state index contributed by atoms with van der Waals surface area (Å²) in [6.45, 7) is 4.65. The second-order valence-electron chi connectivity index (χ2n) is 17.8. The Kier molecular flexibility index (Phi) is 8.01. The molecule has 3 heteroatoms. The Bertz CT molecular complexity index is 3760. The molecule has 3 nitrogen and oxygen atoms in total. The highest BCUT2D eigenvalue weighted by Crippen LogP contribution is 2.50. The van der Waals surface area contributed by atoms with Gasteiger partial charge in [-0.15, -0.1) is 0 Å². The lowest BCUT2D eigenvalue weighted by Gasteiger charge is -2.22. The Balaban J connectivity index is 1.04. The fourth-order valence-corrected chi connectivity index (χ4v) is 10.8. The molecule has 0 spiro atoms. The zero-order valence-corrected chi connectivity index (χ0v) is 35.6. The summed E-state index contributed by atoms with van der Waals surface area (Å²) in [5, 5.41) is 9.94. The van der Waals surface area contributed by atoms with Crippen molar-refractivity contribution >= 4 is 55.2 Å². The number of allylic oxidation sites excluding steroid dienone is 2. The Hall–Kier alpha value is -8.01. The molecule has 11 aromatic rings. The molecule has 0 radical (unpaired) electrons. The molecule has 0 saturated heterocycles. The van der Waals surface area contributed by atoms with E-state index < -0.39 is 0 Å². The van der Waals surface area contributed by atoms with Crippen LogP contribution in [0.2, 0.25) is 0 Å². The van der Waals surface area contributed by atoms with Crippen molar-refractivity contribution in [1.82, 2.24) is 15.0 Å². The summed E-state index contributed by atoms with van der Waals surface area (Å²) in [6, 6.07) is 64.1. The van der Waals surface area contributed by atoms with Gasteiger partial charge in [-0.1, -0.05) is 196 Å². The van der Waals surface area contributed by atoms with Crippen molar-refractivity contribution in [2.24, 2.45) is 0 Å². The highest BCUT2D eigenvalue weighted by atomic mass is 15.0. The third-order valence-electron chi connectivity index (χ3n) is 13.9. The van der Waals surface area contributed by atoms with Crippen LogP contribution in [0.1, 0.15) is 42.5 Å². The van der Waals surface area contributed by atoms with Crippen LogP contribution in [0.4, 0.5) is 0 Å². The first-order chi connectivity index (χ1) is 31.5. The van der Waals surface area contributed by atoms with Crippen LogP contribution in [0.15, 0.2) is 188 Å². The van der Waals surface area contributed by atoms with Crippen LogP contribution in [0.5, 0.6) is 0 Å². The molecule has 0 aliphatic heterocycles. The van der Waals surface area contributed by atoms with Crippen LogP contribution >= 0.6 is 0 Å². The van der Waals surface area contributed by atoms with E-state index in [0.717, 1.165) is 39.4 Å². The summed E-state index contributed by atoms with van der Waals surface area (Å²) in [6.07, 6.45) is 9.83. The standard InChI is InChI=1S/C61H41N3/c1-61(2)54-23-12-11-22-49(54)50-30-28-41(36-55(50)61)58-62-59(52-34-32-42(37-14-5-3-6-15-37)43-18-7-4-8-19-45(43)52)64-60(63-58)53-35-33-47(44-20-9-10-21-46(44)53)48-29-26-40-25-24-38-16-13-17-39-27-31-51(48)57(40)56(38)39/h3,5-36H,4H2,1-2H3. The van der Waals surface area contributed by atoms with Gasteiger partial charge in [0.1, 0.15) is 0 Å². The Morgan fingerprint density at radius 2 is 0.906 bits per heavy atom. The van der Waals surface area contributed by atoms with Crippen LogP contribution in [0.3, 0.4) is 0 Å². The summed E-state index contributed by atoms with van der Waals surface area (Å²) in [5.41, 5.74) is 15.0. The molecule has 0 amide bonds. The van der Waals surface area contributed by atoms with Gasteiger partial charge in [-0.05, 0) is 123 Å². The summed E-state index contributed by atoms with van der Waals surface area (Å²) < 4.78 is 0. The maximum Gasteiger partial charge on any atom is 0.164 e. The van der Waals surface area contributed by atoms with Gasteiger partial charge in [-0.3, -0.25) is 0 Å². The SMILES string of the molecule is CC1(C)c2ccccc2-c2ccc(-c3nc(-c4ccc(-c5ccccc5)c5c4C=CCC=C5)nc(-c4ccc(-c5ccc6ccc7cccc8ccc5c6c78)c5ccccc45)n3)cc21. The van der Waals surface area contributed by atoms with E-state index in [1.165, 1.54) is 82.4 Å². The number of benzene rings is 10. The van der Waals surface area contributed by atoms with Gasteiger partial charge in [-0.25, -0.2) is 15.0 Å². The number of aromatic nitrogens is 3. The van der Waals surface area contributed by atoms with Crippen LogP contribution in [-0.2, 0) is 5.41 Å². The molecule has 10 aromatic carbocycles. The van der Waals surface area contributed by atoms with E-state index in [2.05, 4.69) is 214 Å². The highest BCUT2D eigenvalue weighted by molar-refractivity contribution is 6.26. The molecule has 0 unspecified atom stereocenters. The maximum atomic E-state index is 5.45. The van der Waals surface area contributed by atoms with E-state index in [9.17, 15) is 0 Å². The second kappa shape index (κ2) is 14.0. The van der Waals surface area contributed by atoms with Crippen LogP contribution in [0, 0.1) is 0 Å². The number of nitrogens with zero attached hydrogens (tertiary/aromatic N) is 3. The largest absolute Gasteiger partial charge is 0.208 e. The van der Waals surface area contributed by atoms with Crippen molar-refractivity contribution in [3.8, 4) is 67.5 Å². The minimum atomic E-state index is -0.167. The lowest BCUT2D eigenvalue weighted by molar-refractivity contribution is 0.660. The molecule has 1 heterocycles. The average molecular weight is 816 g/mol.